The number of pyridine rings is 1. The first kappa shape index (κ1) is 29.3. The Balaban J connectivity index is 1.53. The van der Waals surface area contributed by atoms with E-state index in [4.69, 9.17) is 26.1 Å². The number of halogens is 1. The van der Waals surface area contributed by atoms with Gasteiger partial charge in [-0.25, -0.2) is 9.97 Å². The maximum Gasteiger partial charge on any atom is 0.260 e. The Morgan fingerprint density at radius 1 is 1.09 bits per heavy atom. The van der Waals surface area contributed by atoms with Crippen molar-refractivity contribution in [3.8, 4) is 22.6 Å². The number of hydrogen-bond acceptors (Lipinski definition) is 8. The van der Waals surface area contributed by atoms with Gasteiger partial charge < -0.3 is 24.7 Å². The minimum atomic E-state index is -0.287. The van der Waals surface area contributed by atoms with Crippen LogP contribution in [0.4, 0.5) is 11.6 Å². The first-order chi connectivity index (χ1) is 20.9. The molecule has 5 rings (SSSR count). The van der Waals surface area contributed by atoms with Crippen LogP contribution in [0.2, 0.25) is 5.02 Å². The molecule has 0 spiro atoms. The fourth-order valence-electron chi connectivity index (χ4n) is 4.58. The van der Waals surface area contributed by atoms with Crippen molar-refractivity contribution in [1.29, 1.82) is 0 Å². The second kappa shape index (κ2) is 13.2. The summed E-state index contributed by atoms with van der Waals surface area (Å²) in [4.78, 5) is 39.0. The monoisotopic (exact) mass is 599 g/mol. The van der Waals surface area contributed by atoms with Gasteiger partial charge in [-0.15, -0.1) is 0 Å². The number of benzene rings is 2. The highest BCUT2D eigenvalue weighted by Gasteiger charge is 2.19. The van der Waals surface area contributed by atoms with Crippen molar-refractivity contribution in [2.75, 3.05) is 31.4 Å². The number of anilines is 2. The van der Waals surface area contributed by atoms with Crippen LogP contribution in [0.3, 0.4) is 0 Å². The molecule has 0 saturated heterocycles. The van der Waals surface area contributed by atoms with Gasteiger partial charge in [0.1, 0.15) is 17.1 Å². The highest BCUT2D eigenvalue weighted by molar-refractivity contribution is 6.35. The van der Waals surface area contributed by atoms with E-state index in [1.165, 1.54) is 20.3 Å². The number of methoxy groups -OCH3 is 2. The second-order valence-corrected chi connectivity index (χ2v) is 9.92. The third kappa shape index (κ3) is 6.68. The SMILES string of the molecule is C=CC(=O)Nc1ccc(CCn2c(=O)c(-c3cc(OC)cc(OC)c3Cl)cc3cnc(NCCn4ccnc4)nc32)cc1. The number of rotatable bonds is 12. The van der Waals surface area contributed by atoms with Gasteiger partial charge in [0.2, 0.25) is 11.9 Å². The van der Waals surface area contributed by atoms with Crippen LogP contribution in [0.1, 0.15) is 5.56 Å². The molecule has 0 atom stereocenters. The predicted octanol–water partition coefficient (Wildman–Crippen LogP) is 4.80. The molecule has 5 aromatic rings. The van der Waals surface area contributed by atoms with E-state index in [0.29, 0.717) is 76.4 Å². The van der Waals surface area contributed by atoms with Crippen molar-refractivity contribution >= 4 is 40.2 Å². The summed E-state index contributed by atoms with van der Waals surface area (Å²) < 4.78 is 14.5. The number of hydrogen-bond donors (Lipinski definition) is 2. The zero-order valence-electron chi connectivity index (χ0n) is 23.7. The van der Waals surface area contributed by atoms with Gasteiger partial charge in [0.15, 0.2) is 0 Å². The highest BCUT2D eigenvalue weighted by Crippen LogP contribution is 2.38. The average molecular weight is 600 g/mol. The molecule has 1 amide bonds. The minimum absolute atomic E-state index is 0.275. The van der Waals surface area contributed by atoms with Crippen molar-refractivity contribution in [1.82, 2.24) is 24.1 Å². The van der Waals surface area contributed by atoms with Gasteiger partial charge in [0.05, 0.1) is 25.6 Å². The van der Waals surface area contributed by atoms with Gasteiger partial charge in [0, 0.05) is 66.5 Å². The van der Waals surface area contributed by atoms with Crippen LogP contribution in [0.15, 0.2) is 84.8 Å². The molecule has 0 bridgehead atoms. The molecule has 0 unspecified atom stereocenters. The first-order valence-corrected chi connectivity index (χ1v) is 13.8. The van der Waals surface area contributed by atoms with E-state index in [1.54, 1.807) is 53.6 Å². The molecule has 0 saturated carbocycles. The summed E-state index contributed by atoms with van der Waals surface area (Å²) in [7, 11) is 3.04. The number of amides is 1. The summed E-state index contributed by atoms with van der Waals surface area (Å²) >= 11 is 6.69. The van der Waals surface area contributed by atoms with E-state index in [9.17, 15) is 9.59 Å². The van der Waals surface area contributed by atoms with E-state index < -0.39 is 0 Å². The number of nitrogens with zero attached hydrogens (tertiary/aromatic N) is 5. The van der Waals surface area contributed by atoms with Crippen LogP contribution in [0.25, 0.3) is 22.2 Å². The molecular formula is C31H30ClN7O4. The quantitative estimate of drug-likeness (QED) is 0.196. The number of fused-ring (bicyclic) bond motifs is 1. The van der Waals surface area contributed by atoms with Crippen molar-refractivity contribution in [3.05, 3.63) is 101 Å². The van der Waals surface area contributed by atoms with Gasteiger partial charge in [-0.05, 0) is 42.3 Å². The lowest BCUT2D eigenvalue weighted by molar-refractivity contribution is -0.111. The first-order valence-electron chi connectivity index (χ1n) is 13.4. The zero-order chi connectivity index (χ0) is 30.3. The molecule has 11 nitrogen and oxygen atoms in total. The number of carbonyl (C=O) groups is 1. The summed E-state index contributed by atoms with van der Waals surface area (Å²) in [6.07, 6.45) is 8.75. The summed E-state index contributed by atoms with van der Waals surface area (Å²) in [5, 5.41) is 6.91. The van der Waals surface area contributed by atoms with Crippen LogP contribution in [0.5, 0.6) is 11.5 Å². The Morgan fingerprint density at radius 2 is 1.91 bits per heavy atom. The van der Waals surface area contributed by atoms with Crippen LogP contribution in [-0.4, -0.2) is 50.8 Å². The Hall–Kier alpha value is -5.16. The van der Waals surface area contributed by atoms with Crippen molar-refractivity contribution in [2.45, 2.75) is 19.5 Å². The van der Waals surface area contributed by atoms with Crippen LogP contribution >= 0.6 is 11.6 Å². The standard InChI is InChI=1S/C31H30ClN7O4/c1-4-27(40)36-22-7-5-20(6-8-22)9-12-39-29-21(18-35-31(37-29)34-11-14-38-13-10-33-19-38)15-25(30(39)41)24-16-23(42-2)17-26(43-3)28(24)32/h4-8,10,13,15-19H,1,9,11-12,14H2,2-3H3,(H,36,40)(H,34,35,37). The third-order valence-corrected chi connectivity index (χ3v) is 7.22. The fraction of sp³-hybridized carbons (Fsp3) is 0.194. The molecule has 0 fully saturated rings. The minimum Gasteiger partial charge on any atom is -0.497 e. The lowest BCUT2D eigenvalue weighted by Gasteiger charge is -2.16. The summed E-state index contributed by atoms with van der Waals surface area (Å²) in [6, 6.07) is 12.5. The predicted molar refractivity (Wildman–Crippen MR) is 167 cm³/mol. The normalized spacial score (nSPS) is 10.9. The maximum atomic E-state index is 14.1. The molecule has 12 heteroatoms. The Bertz CT molecular complexity index is 1820. The van der Waals surface area contributed by atoms with E-state index in [1.807, 2.05) is 22.9 Å². The molecule has 2 aromatic carbocycles. The van der Waals surface area contributed by atoms with E-state index >= 15 is 0 Å². The topological polar surface area (TPSA) is 125 Å². The van der Waals surface area contributed by atoms with Crippen LogP contribution in [-0.2, 0) is 24.3 Å². The Labute approximate surface area is 252 Å². The second-order valence-electron chi connectivity index (χ2n) is 9.55. The smallest absolute Gasteiger partial charge is 0.260 e. The van der Waals surface area contributed by atoms with Gasteiger partial charge in [-0.3, -0.25) is 14.2 Å². The molecule has 0 aliphatic carbocycles. The van der Waals surface area contributed by atoms with E-state index in [2.05, 4.69) is 27.2 Å². The third-order valence-electron chi connectivity index (χ3n) is 6.83. The van der Waals surface area contributed by atoms with Crippen LogP contribution in [0, 0.1) is 0 Å². The lowest BCUT2D eigenvalue weighted by Crippen LogP contribution is -2.24. The van der Waals surface area contributed by atoms with Gasteiger partial charge in [-0.1, -0.05) is 30.3 Å². The lowest BCUT2D eigenvalue weighted by atomic mass is 10.0. The average Bonchev–Trinajstić information content (AvgIpc) is 3.55. The molecule has 0 aliphatic heterocycles. The largest absolute Gasteiger partial charge is 0.497 e. The van der Waals surface area contributed by atoms with Gasteiger partial charge in [0.25, 0.3) is 5.56 Å². The molecule has 3 heterocycles. The number of ether oxygens (including phenoxy) is 2. The number of aromatic nitrogens is 5. The van der Waals surface area contributed by atoms with Crippen molar-refractivity contribution < 1.29 is 14.3 Å². The van der Waals surface area contributed by atoms with Gasteiger partial charge >= 0.3 is 0 Å². The number of nitrogens with one attached hydrogen (secondary N) is 2. The molecule has 220 valence electrons. The Morgan fingerprint density at radius 3 is 2.60 bits per heavy atom. The Kier molecular flexibility index (Phi) is 9.02. The fourth-order valence-corrected chi connectivity index (χ4v) is 4.87. The number of aryl methyl sites for hydroxylation is 2. The highest BCUT2D eigenvalue weighted by atomic mass is 35.5. The van der Waals surface area contributed by atoms with Crippen LogP contribution < -0.4 is 25.7 Å². The van der Waals surface area contributed by atoms with Crippen molar-refractivity contribution in [2.24, 2.45) is 0 Å². The molecule has 3 aromatic heterocycles. The summed E-state index contributed by atoms with van der Waals surface area (Å²) in [5.74, 6) is 1.00. The molecular weight excluding hydrogens is 570 g/mol. The summed E-state index contributed by atoms with van der Waals surface area (Å²) in [6.45, 7) is 5.04. The number of carbonyl (C=O) groups excluding carboxylic acids is 1. The molecule has 43 heavy (non-hydrogen) atoms. The number of imidazole rings is 1. The summed E-state index contributed by atoms with van der Waals surface area (Å²) in [5.41, 5.74) is 2.66. The maximum absolute atomic E-state index is 14.1. The zero-order valence-corrected chi connectivity index (χ0v) is 24.5. The molecule has 0 radical (unpaired) electrons. The molecule has 2 N–H and O–H groups in total. The van der Waals surface area contributed by atoms with Crippen molar-refractivity contribution in [3.63, 3.8) is 0 Å². The molecule has 0 aliphatic rings. The van der Waals surface area contributed by atoms with E-state index in [0.717, 1.165) is 5.56 Å². The van der Waals surface area contributed by atoms with Gasteiger partial charge in [-0.2, -0.15) is 4.98 Å². The van der Waals surface area contributed by atoms with E-state index in [-0.39, 0.29) is 11.5 Å².